The van der Waals surface area contributed by atoms with Crippen molar-refractivity contribution >= 4 is 17.1 Å². The number of rotatable bonds is 2. The molecule has 0 aliphatic heterocycles. The van der Waals surface area contributed by atoms with Crippen molar-refractivity contribution in [2.45, 2.75) is 19.4 Å². The summed E-state index contributed by atoms with van der Waals surface area (Å²) in [5, 5.41) is 9.75. The third-order valence-corrected chi connectivity index (χ3v) is 1.45. The number of nitrogens with two attached hydrogens (primary N) is 1. The first kappa shape index (κ1) is 10.0. The summed E-state index contributed by atoms with van der Waals surface area (Å²) in [6.45, 7) is 1.84. The van der Waals surface area contributed by atoms with E-state index in [2.05, 4.69) is 5.92 Å². The minimum Gasteiger partial charge on any atom is -0.323 e. The number of nitrogens with zero attached hydrogens (tertiary/aromatic N) is 1. The van der Waals surface area contributed by atoms with E-state index in [1.54, 1.807) is 6.04 Å². The van der Waals surface area contributed by atoms with Gasteiger partial charge >= 0.3 is 0 Å². The van der Waals surface area contributed by atoms with Crippen molar-refractivity contribution < 1.29 is 4.92 Å². The maximum atomic E-state index is 9.75. The molecule has 0 aliphatic rings. The van der Waals surface area contributed by atoms with E-state index in [0.29, 0.717) is 6.42 Å². The average molecular weight is 172 g/mol. The molecular formula is C6H8N2O2S. The van der Waals surface area contributed by atoms with Crippen LogP contribution in [0, 0.1) is 22.1 Å². The molecule has 5 heteroatoms. The molecule has 1 atom stereocenters. The lowest BCUT2D eigenvalue weighted by Gasteiger charge is -2.01. The quantitative estimate of drug-likeness (QED) is 0.214. The van der Waals surface area contributed by atoms with Gasteiger partial charge in [0.25, 0.3) is 6.04 Å². The predicted octanol–water partition coefficient (Wildman–Crippen LogP) is 0.331. The predicted molar refractivity (Wildman–Crippen MR) is 45.6 cm³/mol. The Bertz CT molecular complexity index is 228. The van der Waals surface area contributed by atoms with Crippen LogP contribution < -0.4 is 5.73 Å². The minimum absolute atomic E-state index is 0.240. The molecule has 0 fully saturated rings. The van der Waals surface area contributed by atoms with Crippen molar-refractivity contribution in [3.63, 3.8) is 0 Å². The Kier molecular flexibility index (Phi) is 4.34. The van der Waals surface area contributed by atoms with Crippen LogP contribution in [-0.4, -0.2) is 15.8 Å². The average Bonchev–Trinajstić information content (AvgIpc) is 1.98. The fraction of sp³-hybridized carbons (Fsp3) is 0.500. The molecule has 1 unspecified atom stereocenters. The lowest BCUT2D eigenvalue weighted by Crippen LogP contribution is -2.26. The molecule has 0 aromatic rings. The topological polar surface area (TPSA) is 69.2 Å². The fourth-order valence-electron chi connectivity index (χ4n) is 0.379. The largest absolute Gasteiger partial charge is 0.323 e. The molecule has 2 N–H and O–H groups in total. The molecule has 11 heavy (non-hydrogen) atoms. The van der Waals surface area contributed by atoms with Gasteiger partial charge in [-0.2, -0.15) is 0 Å². The standard InChI is InChI=1S/C6H8N2O2S/c1-2-5(7)6(11)3-4-8(9)10/h5H,2,7H2,1H3. The van der Waals surface area contributed by atoms with Gasteiger partial charge in [-0.25, -0.2) is 10.1 Å². The van der Waals surface area contributed by atoms with E-state index in [4.69, 9.17) is 18.0 Å². The summed E-state index contributed by atoms with van der Waals surface area (Å²) in [7, 11) is 0. The van der Waals surface area contributed by atoms with Gasteiger partial charge in [-0.15, -0.1) is 0 Å². The molecule has 0 heterocycles. The normalized spacial score (nSPS) is 11.1. The summed E-state index contributed by atoms with van der Waals surface area (Å²) in [5.41, 5.74) is 5.44. The van der Waals surface area contributed by atoms with Gasteiger partial charge in [-0.3, -0.25) is 0 Å². The summed E-state index contributed by atoms with van der Waals surface area (Å²) in [4.78, 5) is 9.24. The maximum absolute atomic E-state index is 9.75. The molecule has 0 aromatic heterocycles. The highest BCUT2D eigenvalue weighted by molar-refractivity contribution is 7.81. The van der Waals surface area contributed by atoms with Crippen LogP contribution in [0.5, 0.6) is 0 Å². The lowest BCUT2D eigenvalue weighted by atomic mass is 10.2. The lowest BCUT2D eigenvalue weighted by molar-refractivity contribution is -0.379. The molecule has 4 nitrogen and oxygen atoms in total. The molecule has 0 radical (unpaired) electrons. The highest BCUT2D eigenvalue weighted by Gasteiger charge is 2.03. The first-order chi connectivity index (χ1) is 5.07. The van der Waals surface area contributed by atoms with E-state index in [0.717, 1.165) is 0 Å². The van der Waals surface area contributed by atoms with Gasteiger partial charge in [0.2, 0.25) is 0 Å². The van der Waals surface area contributed by atoms with Crippen molar-refractivity contribution in [2.75, 3.05) is 0 Å². The highest BCUT2D eigenvalue weighted by Crippen LogP contribution is 1.89. The first-order valence-corrected chi connectivity index (χ1v) is 3.44. The Morgan fingerprint density at radius 3 is 2.82 bits per heavy atom. The maximum Gasteiger partial charge on any atom is 0.296 e. The summed E-state index contributed by atoms with van der Waals surface area (Å²) in [6.07, 6.45) is 0.644. The van der Waals surface area contributed by atoms with Crippen molar-refractivity contribution in [1.82, 2.24) is 0 Å². The van der Waals surface area contributed by atoms with Gasteiger partial charge < -0.3 is 5.73 Å². The van der Waals surface area contributed by atoms with Crippen LogP contribution in [0.2, 0.25) is 0 Å². The second-order valence-corrected chi connectivity index (χ2v) is 2.31. The number of nitro groups is 1. The highest BCUT2D eigenvalue weighted by atomic mass is 32.1. The molecule has 0 saturated heterocycles. The van der Waals surface area contributed by atoms with Crippen molar-refractivity contribution in [3.05, 3.63) is 10.1 Å². The Hall–Kier alpha value is -0.990. The second-order valence-electron chi connectivity index (χ2n) is 1.87. The van der Waals surface area contributed by atoms with E-state index >= 15 is 0 Å². The minimum atomic E-state index is -0.741. The van der Waals surface area contributed by atoms with Crippen LogP contribution in [0.3, 0.4) is 0 Å². The first-order valence-electron chi connectivity index (χ1n) is 3.03. The Morgan fingerprint density at radius 2 is 2.45 bits per heavy atom. The monoisotopic (exact) mass is 172 g/mol. The molecule has 0 aliphatic carbocycles. The van der Waals surface area contributed by atoms with E-state index < -0.39 is 4.92 Å². The van der Waals surface area contributed by atoms with Gasteiger partial charge in [0.05, 0.1) is 4.86 Å². The van der Waals surface area contributed by atoms with Crippen molar-refractivity contribution in [1.29, 1.82) is 0 Å². The van der Waals surface area contributed by atoms with Crippen LogP contribution in [0.25, 0.3) is 0 Å². The van der Waals surface area contributed by atoms with Crippen LogP contribution >= 0.6 is 12.2 Å². The van der Waals surface area contributed by atoms with Crippen LogP contribution in [-0.2, 0) is 0 Å². The number of hydrogen-bond acceptors (Lipinski definition) is 4. The smallest absolute Gasteiger partial charge is 0.296 e. The SMILES string of the molecule is CCC(N)C(=S)C#C[N+](=O)[O-]. The molecule has 0 aromatic carbocycles. The summed E-state index contributed by atoms with van der Waals surface area (Å²) in [6, 6.07) is 1.38. The summed E-state index contributed by atoms with van der Waals surface area (Å²) in [5.74, 6) is 2.19. The molecule has 0 saturated carbocycles. The van der Waals surface area contributed by atoms with Gasteiger partial charge in [0.1, 0.15) is 4.92 Å². The van der Waals surface area contributed by atoms with Gasteiger partial charge in [0.15, 0.2) is 0 Å². The summed E-state index contributed by atoms with van der Waals surface area (Å²) < 4.78 is 0. The van der Waals surface area contributed by atoms with Crippen LogP contribution in [0.4, 0.5) is 0 Å². The van der Waals surface area contributed by atoms with Crippen LogP contribution in [0.1, 0.15) is 13.3 Å². The fourth-order valence-corrected chi connectivity index (χ4v) is 0.591. The van der Waals surface area contributed by atoms with E-state index in [-0.39, 0.29) is 10.9 Å². The zero-order valence-electron chi connectivity index (χ0n) is 6.03. The summed E-state index contributed by atoms with van der Waals surface area (Å²) >= 11 is 4.69. The van der Waals surface area contributed by atoms with Crippen molar-refractivity contribution in [2.24, 2.45) is 5.73 Å². The van der Waals surface area contributed by atoms with E-state index in [1.165, 1.54) is 0 Å². The van der Waals surface area contributed by atoms with Crippen LogP contribution in [0.15, 0.2) is 0 Å². The molecular weight excluding hydrogens is 164 g/mol. The molecule has 0 amide bonds. The van der Waals surface area contributed by atoms with E-state index in [9.17, 15) is 10.1 Å². The zero-order valence-corrected chi connectivity index (χ0v) is 6.85. The molecule has 0 bridgehead atoms. The second kappa shape index (κ2) is 4.77. The van der Waals surface area contributed by atoms with E-state index in [1.807, 2.05) is 6.92 Å². The third-order valence-electron chi connectivity index (χ3n) is 1.05. The Labute approximate surface area is 69.9 Å². The third kappa shape index (κ3) is 4.42. The van der Waals surface area contributed by atoms with Gasteiger partial charge in [-0.05, 0) is 6.42 Å². The number of thiocarbonyl (C=S) groups is 1. The van der Waals surface area contributed by atoms with Gasteiger partial charge in [-0.1, -0.05) is 19.1 Å². The molecule has 60 valence electrons. The zero-order chi connectivity index (χ0) is 8.85. The Balaban J connectivity index is 4.10. The van der Waals surface area contributed by atoms with Crippen molar-refractivity contribution in [3.8, 4) is 12.0 Å². The van der Waals surface area contributed by atoms with Gasteiger partial charge in [0, 0.05) is 12.0 Å². The molecule has 0 rings (SSSR count). The number of hydrogen-bond donors (Lipinski definition) is 1. The molecule has 0 spiro atoms. The Morgan fingerprint density at radius 1 is 1.91 bits per heavy atom.